The zero-order chi connectivity index (χ0) is 14.0. The van der Waals surface area contributed by atoms with Gasteiger partial charge in [-0.25, -0.2) is 0 Å². The Morgan fingerprint density at radius 1 is 1.32 bits per heavy atom. The van der Waals surface area contributed by atoms with Crippen molar-refractivity contribution < 1.29 is 18.0 Å². The van der Waals surface area contributed by atoms with Crippen LogP contribution in [0.3, 0.4) is 0 Å². The molecule has 108 valence electrons. The Kier molecular flexibility index (Phi) is 5.83. The molecule has 1 aromatic rings. The first-order valence-electron chi connectivity index (χ1n) is 5.35. The van der Waals surface area contributed by atoms with Crippen molar-refractivity contribution in [1.82, 2.24) is 0 Å². The summed E-state index contributed by atoms with van der Waals surface area (Å²) in [6, 6.07) is 4.49. The monoisotopic (exact) mass is 296 g/mol. The van der Waals surface area contributed by atoms with E-state index in [-0.39, 0.29) is 24.6 Å². The van der Waals surface area contributed by atoms with Crippen LogP contribution in [0.25, 0.3) is 0 Å². The van der Waals surface area contributed by atoms with Gasteiger partial charge >= 0.3 is 6.18 Å². The number of alkyl halides is 3. The van der Waals surface area contributed by atoms with E-state index in [0.717, 1.165) is 12.1 Å². The van der Waals surface area contributed by atoms with Crippen LogP contribution in [0.1, 0.15) is 19.4 Å². The van der Waals surface area contributed by atoms with Gasteiger partial charge in [0.25, 0.3) is 0 Å². The number of hydrogen-bond donors (Lipinski definition) is 2. The first-order valence-corrected chi connectivity index (χ1v) is 5.35. The minimum Gasteiger partial charge on any atom is -0.329 e. The largest absolute Gasteiger partial charge is 0.416 e. The van der Waals surface area contributed by atoms with E-state index in [1.807, 2.05) is 0 Å². The third kappa shape index (κ3) is 4.72. The predicted octanol–water partition coefficient (Wildman–Crippen LogP) is 3.05. The number of carbonyl (C=O) groups excluding carboxylic acids is 1. The van der Waals surface area contributed by atoms with Gasteiger partial charge in [0.05, 0.1) is 11.0 Å². The molecule has 0 fully saturated rings. The average Bonchev–Trinajstić information content (AvgIpc) is 2.28. The van der Waals surface area contributed by atoms with Gasteiger partial charge in [-0.3, -0.25) is 4.79 Å². The Labute approximate surface area is 115 Å². The van der Waals surface area contributed by atoms with E-state index in [1.165, 1.54) is 12.1 Å². The third-order valence-electron chi connectivity index (χ3n) is 2.57. The van der Waals surface area contributed by atoms with Crippen LogP contribution >= 0.6 is 12.4 Å². The third-order valence-corrected chi connectivity index (χ3v) is 2.57. The molecule has 0 saturated carbocycles. The summed E-state index contributed by atoms with van der Waals surface area (Å²) in [5.74, 6) is -0.413. The summed E-state index contributed by atoms with van der Waals surface area (Å²) in [6.07, 6.45) is -4.43. The lowest BCUT2D eigenvalue weighted by atomic mass is 9.92. The lowest BCUT2D eigenvalue weighted by Gasteiger charge is -2.21. The van der Waals surface area contributed by atoms with Crippen LogP contribution in [-0.4, -0.2) is 12.5 Å². The lowest BCUT2D eigenvalue weighted by molar-refractivity contribution is -0.137. The molecule has 0 spiro atoms. The molecule has 19 heavy (non-hydrogen) atoms. The van der Waals surface area contributed by atoms with Crippen LogP contribution in [0.2, 0.25) is 0 Å². The molecule has 3 N–H and O–H groups in total. The highest BCUT2D eigenvalue weighted by molar-refractivity contribution is 5.95. The summed E-state index contributed by atoms with van der Waals surface area (Å²) in [5, 5.41) is 2.43. The van der Waals surface area contributed by atoms with Crippen molar-refractivity contribution in [2.75, 3.05) is 11.9 Å². The number of anilines is 1. The fourth-order valence-electron chi connectivity index (χ4n) is 1.17. The highest BCUT2D eigenvalue weighted by atomic mass is 35.5. The zero-order valence-corrected chi connectivity index (χ0v) is 11.4. The van der Waals surface area contributed by atoms with Crippen LogP contribution in [0, 0.1) is 5.41 Å². The topological polar surface area (TPSA) is 55.1 Å². The summed E-state index contributed by atoms with van der Waals surface area (Å²) in [4.78, 5) is 11.8. The number of benzene rings is 1. The lowest BCUT2D eigenvalue weighted by Crippen LogP contribution is -2.37. The van der Waals surface area contributed by atoms with Crippen LogP contribution in [-0.2, 0) is 11.0 Å². The fourth-order valence-corrected chi connectivity index (χ4v) is 1.17. The summed E-state index contributed by atoms with van der Waals surface area (Å²) in [6.45, 7) is 3.35. The van der Waals surface area contributed by atoms with Crippen molar-refractivity contribution >= 4 is 24.0 Å². The number of amides is 1. The molecule has 0 atom stereocenters. The Morgan fingerprint density at radius 3 is 2.37 bits per heavy atom. The van der Waals surface area contributed by atoms with Crippen LogP contribution in [0.15, 0.2) is 24.3 Å². The van der Waals surface area contributed by atoms with Gasteiger partial charge in [0.1, 0.15) is 0 Å². The minimum absolute atomic E-state index is 0. The summed E-state index contributed by atoms with van der Waals surface area (Å²) >= 11 is 0. The van der Waals surface area contributed by atoms with Gasteiger partial charge in [-0.15, -0.1) is 12.4 Å². The normalized spacial score (nSPS) is 11.7. The van der Waals surface area contributed by atoms with E-state index < -0.39 is 23.1 Å². The molecule has 1 amide bonds. The van der Waals surface area contributed by atoms with Gasteiger partial charge in [0.2, 0.25) is 5.91 Å². The van der Waals surface area contributed by atoms with Gasteiger partial charge in [0.15, 0.2) is 0 Å². The molecule has 0 aliphatic carbocycles. The van der Waals surface area contributed by atoms with Gasteiger partial charge < -0.3 is 11.1 Å². The van der Waals surface area contributed by atoms with E-state index in [1.54, 1.807) is 13.8 Å². The number of carbonyl (C=O) groups is 1. The predicted molar refractivity (Wildman–Crippen MR) is 70.2 cm³/mol. The highest BCUT2D eigenvalue weighted by Gasteiger charge is 2.31. The molecule has 1 rings (SSSR count). The smallest absolute Gasteiger partial charge is 0.329 e. The number of rotatable bonds is 3. The van der Waals surface area contributed by atoms with E-state index in [4.69, 9.17) is 5.73 Å². The van der Waals surface area contributed by atoms with Crippen molar-refractivity contribution in [3.8, 4) is 0 Å². The molecule has 0 aliphatic heterocycles. The van der Waals surface area contributed by atoms with E-state index in [9.17, 15) is 18.0 Å². The molecule has 7 heteroatoms. The van der Waals surface area contributed by atoms with Gasteiger partial charge in [-0.2, -0.15) is 13.2 Å². The maximum atomic E-state index is 12.5. The second kappa shape index (κ2) is 6.25. The van der Waals surface area contributed by atoms with Crippen molar-refractivity contribution in [3.63, 3.8) is 0 Å². The van der Waals surface area contributed by atoms with Crippen molar-refractivity contribution in [2.24, 2.45) is 11.1 Å². The van der Waals surface area contributed by atoms with Crippen LogP contribution in [0.5, 0.6) is 0 Å². The van der Waals surface area contributed by atoms with E-state index in [2.05, 4.69) is 5.32 Å². The summed E-state index contributed by atoms with van der Waals surface area (Å²) in [7, 11) is 0. The molecular formula is C12H16ClF3N2O. The molecule has 0 unspecified atom stereocenters. The van der Waals surface area contributed by atoms with E-state index in [0.29, 0.717) is 0 Å². The molecule has 0 radical (unpaired) electrons. The Balaban J connectivity index is 0.00000324. The summed E-state index contributed by atoms with van der Waals surface area (Å²) < 4.78 is 37.4. The molecule has 0 saturated heterocycles. The average molecular weight is 297 g/mol. The molecule has 0 bridgehead atoms. The Hall–Kier alpha value is -1.27. The van der Waals surface area contributed by atoms with Crippen molar-refractivity contribution in [3.05, 3.63) is 29.8 Å². The molecule has 0 aliphatic rings. The number of hydrogen-bond acceptors (Lipinski definition) is 2. The second-order valence-corrected chi connectivity index (χ2v) is 4.62. The maximum Gasteiger partial charge on any atom is 0.416 e. The highest BCUT2D eigenvalue weighted by Crippen LogP contribution is 2.31. The van der Waals surface area contributed by atoms with Crippen LogP contribution in [0.4, 0.5) is 18.9 Å². The Morgan fingerprint density at radius 2 is 1.89 bits per heavy atom. The van der Waals surface area contributed by atoms with E-state index >= 15 is 0 Å². The zero-order valence-electron chi connectivity index (χ0n) is 10.5. The van der Waals surface area contributed by atoms with Gasteiger partial charge in [-0.05, 0) is 32.0 Å². The van der Waals surface area contributed by atoms with Gasteiger partial charge in [-0.1, -0.05) is 6.07 Å². The second-order valence-electron chi connectivity index (χ2n) is 4.62. The summed E-state index contributed by atoms with van der Waals surface area (Å²) in [5.41, 5.74) is 3.90. The first-order chi connectivity index (χ1) is 8.16. The number of nitrogens with two attached hydrogens (primary N) is 1. The van der Waals surface area contributed by atoms with Gasteiger partial charge in [0, 0.05) is 12.2 Å². The number of halogens is 4. The number of nitrogens with one attached hydrogen (secondary N) is 1. The molecule has 0 aromatic heterocycles. The standard InChI is InChI=1S/C12H15F3N2O.ClH/c1-11(2,7-16)10(18)17-9-5-3-4-8(6-9)12(13,14)15;/h3-6H,7,16H2,1-2H3,(H,17,18);1H. The molecule has 1 aromatic carbocycles. The minimum atomic E-state index is -4.43. The fraction of sp³-hybridized carbons (Fsp3) is 0.417. The SMILES string of the molecule is CC(C)(CN)C(=O)Nc1cccc(C(F)(F)F)c1.Cl. The van der Waals surface area contributed by atoms with Crippen LogP contribution < -0.4 is 11.1 Å². The van der Waals surface area contributed by atoms with Crippen molar-refractivity contribution in [2.45, 2.75) is 20.0 Å². The molecule has 3 nitrogen and oxygen atoms in total. The maximum absolute atomic E-state index is 12.5. The first kappa shape index (κ1) is 17.7. The molecular weight excluding hydrogens is 281 g/mol. The molecule has 0 heterocycles. The quantitative estimate of drug-likeness (QED) is 0.901. The van der Waals surface area contributed by atoms with Crippen molar-refractivity contribution in [1.29, 1.82) is 0 Å². The Bertz CT molecular complexity index is 447.